The Balaban J connectivity index is 3.53. The molecule has 3 heteroatoms. The smallest absolute Gasteiger partial charge is 0.0584 e. The topological polar surface area (TPSA) is 35.5 Å². The number of aliphatic hydroxyl groups excluding tert-OH is 1. The van der Waals surface area contributed by atoms with Gasteiger partial charge in [-0.3, -0.25) is 0 Å². The summed E-state index contributed by atoms with van der Waals surface area (Å²) in [4.78, 5) is 2.15. The largest absolute Gasteiger partial charge is 0.395 e. The van der Waals surface area contributed by atoms with Crippen LogP contribution in [-0.4, -0.2) is 48.3 Å². The summed E-state index contributed by atoms with van der Waals surface area (Å²) in [6.07, 6.45) is 0. The van der Waals surface area contributed by atoms with E-state index in [1.54, 1.807) is 0 Å². The normalized spacial score (nSPS) is 15.0. The van der Waals surface area contributed by atoms with Gasteiger partial charge in [0.2, 0.25) is 0 Å². The number of nitrogens with zero attached hydrogens (tertiary/aromatic N) is 1. The Morgan fingerprint density at radius 3 is 2.31 bits per heavy atom. The van der Waals surface area contributed by atoms with E-state index in [0.29, 0.717) is 0 Å². The molecule has 0 saturated carbocycles. The fourth-order valence-electron chi connectivity index (χ4n) is 0.967. The maximum absolute atomic E-state index is 8.90. The maximum atomic E-state index is 8.90. The SMILES string of the molecule is CC(CO)N(C)CCNC(C)(C)C. The second-order valence-electron chi connectivity index (χ2n) is 4.69. The molecule has 0 aliphatic rings. The van der Waals surface area contributed by atoms with E-state index < -0.39 is 0 Å². The highest BCUT2D eigenvalue weighted by molar-refractivity contribution is 4.71. The molecule has 2 N–H and O–H groups in total. The van der Waals surface area contributed by atoms with Gasteiger partial charge in [-0.2, -0.15) is 0 Å². The minimum atomic E-state index is 0.184. The number of nitrogens with one attached hydrogen (secondary N) is 1. The molecule has 0 heterocycles. The highest BCUT2D eigenvalue weighted by Gasteiger charge is 2.10. The zero-order chi connectivity index (χ0) is 10.5. The van der Waals surface area contributed by atoms with Crippen molar-refractivity contribution in [2.75, 3.05) is 26.7 Å². The average Bonchev–Trinajstić information content (AvgIpc) is 2.00. The third-order valence-corrected chi connectivity index (χ3v) is 2.14. The van der Waals surface area contributed by atoms with Crippen molar-refractivity contribution in [3.63, 3.8) is 0 Å². The molecule has 0 fully saturated rings. The van der Waals surface area contributed by atoms with Crippen LogP contribution in [0.25, 0.3) is 0 Å². The van der Waals surface area contributed by atoms with Crippen LogP contribution in [0.1, 0.15) is 27.7 Å². The van der Waals surface area contributed by atoms with Crippen LogP contribution in [-0.2, 0) is 0 Å². The van der Waals surface area contributed by atoms with Crippen LogP contribution in [0, 0.1) is 0 Å². The van der Waals surface area contributed by atoms with Crippen LogP contribution in [0.2, 0.25) is 0 Å². The molecule has 0 aromatic rings. The summed E-state index contributed by atoms with van der Waals surface area (Å²) >= 11 is 0. The van der Waals surface area contributed by atoms with Crippen LogP contribution in [0.4, 0.5) is 0 Å². The summed E-state index contributed by atoms with van der Waals surface area (Å²) in [6, 6.07) is 0.252. The maximum Gasteiger partial charge on any atom is 0.0584 e. The molecule has 0 amide bonds. The van der Waals surface area contributed by atoms with Crippen LogP contribution in [0.15, 0.2) is 0 Å². The van der Waals surface area contributed by atoms with Crippen LogP contribution >= 0.6 is 0 Å². The van der Waals surface area contributed by atoms with Gasteiger partial charge in [-0.05, 0) is 34.7 Å². The highest BCUT2D eigenvalue weighted by Crippen LogP contribution is 1.98. The third-order valence-electron chi connectivity index (χ3n) is 2.14. The number of hydrogen-bond donors (Lipinski definition) is 2. The molecule has 1 atom stereocenters. The van der Waals surface area contributed by atoms with Crippen molar-refractivity contribution in [2.45, 2.75) is 39.3 Å². The number of aliphatic hydroxyl groups is 1. The van der Waals surface area contributed by atoms with E-state index in [1.165, 1.54) is 0 Å². The molecule has 0 aromatic heterocycles. The minimum absolute atomic E-state index is 0.184. The summed E-state index contributed by atoms with van der Waals surface area (Å²) in [5.41, 5.74) is 0.184. The molecule has 3 nitrogen and oxygen atoms in total. The molecular weight excluding hydrogens is 164 g/mol. The van der Waals surface area contributed by atoms with Crippen LogP contribution < -0.4 is 5.32 Å². The van der Waals surface area contributed by atoms with Crippen molar-refractivity contribution in [1.29, 1.82) is 0 Å². The van der Waals surface area contributed by atoms with Gasteiger partial charge in [-0.25, -0.2) is 0 Å². The highest BCUT2D eigenvalue weighted by atomic mass is 16.3. The Kier molecular flexibility index (Phi) is 5.53. The molecule has 0 saturated heterocycles. The van der Waals surface area contributed by atoms with Crippen molar-refractivity contribution >= 4 is 0 Å². The monoisotopic (exact) mass is 188 g/mol. The van der Waals surface area contributed by atoms with E-state index >= 15 is 0 Å². The van der Waals surface area contributed by atoms with Gasteiger partial charge in [0, 0.05) is 24.7 Å². The van der Waals surface area contributed by atoms with E-state index in [1.807, 2.05) is 14.0 Å². The average molecular weight is 188 g/mol. The van der Waals surface area contributed by atoms with Crippen LogP contribution in [0.5, 0.6) is 0 Å². The zero-order valence-corrected chi connectivity index (χ0v) is 9.59. The Labute approximate surface area is 82.1 Å². The first-order valence-corrected chi connectivity index (χ1v) is 4.93. The summed E-state index contributed by atoms with van der Waals surface area (Å²) in [5.74, 6) is 0. The van der Waals surface area contributed by atoms with Crippen molar-refractivity contribution < 1.29 is 5.11 Å². The lowest BCUT2D eigenvalue weighted by molar-refractivity contribution is 0.157. The molecule has 13 heavy (non-hydrogen) atoms. The molecule has 0 rings (SSSR count). The number of hydrogen-bond acceptors (Lipinski definition) is 3. The summed E-state index contributed by atoms with van der Waals surface area (Å²) < 4.78 is 0. The Morgan fingerprint density at radius 2 is 1.92 bits per heavy atom. The third kappa shape index (κ3) is 6.99. The summed E-state index contributed by atoms with van der Waals surface area (Å²) in [5, 5.41) is 12.3. The summed E-state index contributed by atoms with van der Waals surface area (Å²) in [6.45, 7) is 10.7. The quantitative estimate of drug-likeness (QED) is 0.666. The molecule has 0 aromatic carbocycles. The Bertz CT molecular complexity index is 131. The lowest BCUT2D eigenvalue weighted by Gasteiger charge is -2.26. The Hall–Kier alpha value is -0.120. The molecule has 80 valence electrons. The fourth-order valence-corrected chi connectivity index (χ4v) is 0.967. The van der Waals surface area contributed by atoms with E-state index in [4.69, 9.17) is 5.11 Å². The van der Waals surface area contributed by atoms with Crippen molar-refractivity contribution in [3.05, 3.63) is 0 Å². The van der Waals surface area contributed by atoms with Gasteiger partial charge in [0.1, 0.15) is 0 Å². The van der Waals surface area contributed by atoms with Crippen molar-refractivity contribution in [3.8, 4) is 0 Å². The van der Waals surface area contributed by atoms with E-state index in [-0.39, 0.29) is 18.2 Å². The zero-order valence-electron chi connectivity index (χ0n) is 9.59. The lowest BCUT2D eigenvalue weighted by atomic mass is 10.1. The summed E-state index contributed by atoms with van der Waals surface area (Å²) in [7, 11) is 2.03. The standard InChI is InChI=1S/C10H24N2O/c1-9(8-13)12(5)7-6-11-10(2,3)4/h9,11,13H,6-8H2,1-5H3. The van der Waals surface area contributed by atoms with Crippen molar-refractivity contribution in [2.24, 2.45) is 0 Å². The van der Waals surface area contributed by atoms with Crippen LogP contribution in [0.3, 0.4) is 0 Å². The predicted molar refractivity (Wildman–Crippen MR) is 56.9 cm³/mol. The predicted octanol–water partition coefficient (Wildman–Crippen LogP) is 0.687. The lowest BCUT2D eigenvalue weighted by Crippen LogP contribution is -2.43. The van der Waals surface area contributed by atoms with Gasteiger partial charge >= 0.3 is 0 Å². The Morgan fingerprint density at radius 1 is 1.38 bits per heavy atom. The molecule has 1 unspecified atom stereocenters. The molecule has 0 bridgehead atoms. The van der Waals surface area contributed by atoms with Gasteiger partial charge in [0.25, 0.3) is 0 Å². The van der Waals surface area contributed by atoms with Gasteiger partial charge in [-0.1, -0.05) is 0 Å². The minimum Gasteiger partial charge on any atom is -0.395 e. The number of likely N-dealkylation sites (N-methyl/N-ethyl adjacent to an activating group) is 1. The molecular formula is C10H24N2O. The molecule has 0 radical (unpaired) electrons. The first-order chi connectivity index (χ1) is 5.87. The van der Waals surface area contributed by atoms with Gasteiger partial charge in [0.05, 0.1) is 6.61 Å². The van der Waals surface area contributed by atoms with Gasteiger partial charge < -0.3 is 15.3 Å². The second-order valence-corrected chi connectivity index (χ2v) is 4.69. The first-order valence-electron chi connectivity index (χ1n) is 4.93. The second kappa shape index (κ2) is 5.58. The van der Waals surface area contributed by atoms with Crippen molar-refractivity contribution in [1.82, 2.24) is 10.2 Å². The van der Waals surface area contributed by atoms with Gasteiger partial charge in [-0.15, -0.1) is 0 Å². The van der Waals surface area contributed by atoms with E-state index in [2.05, 4.69) is 31.0 Å². The first kappa shape index (κ1) is 12.9. The van der Waals surface area contributed by atoms with Gasteiger partial charge in [0.15, 0.2) is 0 Å². The molecule has 0 aliphatic heterocycles. The molecule has 0 spiro atoms. The number of rotatable bonds is 5. The van der Waals surface area contributed by atoms with E-state index in [0.717, 1.165) is 13.1 Å². The van der Waals surface area contributed by atoms with E-state index in [9.17, 15) is 0 Å². The fraction of sp³-hybridized carbons (Fsp3) is 1.00. The molecule has 0 aliphatic carbocycles.